The number of ether oxygens (including phenoxy) is 1. The van der Waals surface area contributed by atoms with Crippen LogP contribution in [0.5, 0.6) is 0 Å². The molecule has 0 aromatic rings. The first-order valence-corrected chi connectivity index (χ1v) is 8.21. The molecule has 116 valence electrons. The van der Waals surface area contributed by atoms with Gasteiger partial charge in [-0.05, 0) is 25.7 Å². The van der Waals surface area contributed by atoms with Crippen molar-refractivity contribution >= 4 is 6.03 Å². The zero-order chi connectivity index (χ0) is 14.4. The molecule has 0 bridgehead atoms. The van der Waals surface area contributed by atoms with E-state index < -0.39 is 0 Å². The summed E-state index contributed by atoms with van der Waals surface area (Å²) in [4.78, 5) is 12.3. The highest BCUT2D eigenvalue weighted by Gasteiger charge is 2.67. The molecule has 4 aliphatic rings. The molecule has 1 spiro atoms. The number of aliphatic hydroxyl groups excluding tert-OH is 1. The molecule has 1 saturated heterocycles. The summed E-state index contributed by atoms with van der Waals surface area (Å²) < 4.78 is 5.87. The molecular weight excluding hydrogens is 268 g/mol. The van der Waals surface area contributed by atoms with Crippen LogP contribution in [0.4, 0.5) is 4.79 Å². The molecule has 3 fully saturated rings. The predicted molar refractivity (Wildman–Crippen MR) is 77.7 cm³/mol. The molecule has 2 saturated carbocycles. The normalized spacial score (nSPS) is 42.2. The van der Waals surface area contributed by atoms with Gasteiger partial charge in [-0.25, -0.2) is 4.79 Å². The molecule has 21 heavy (non-hydrogen) atoms. The van der Waals surface area contributed by atoms with Crippen molar-refractivity contribution in [1.29, 1.82) is 0 Å². The van der Waals surface area contributed by atoms with E-state index in [-0.39, 0.29) is 36.1 Å². The second-order valence-electron chi connectivity index (χ2n) is 7.10. The highest BCUT2D eigenvalue weighted by molar-refractivity contribution is 5.75. The number of carbonyl (C=O) groups excluding carboxylic acids is 1. The lowest BCUT2D eigenvalue weighted by Crippen LogP contribution is -2.72. The molecule has 1 heterocycles. The van der Waals surface area contributed by atoms with Crippen molar-refractivity contribution in [3.8, 4) is 0 Å². The second-order valence-corrected chi connectivity index (χ2v) is 7.10. The van der Waals surface area contributed by atoms with Crippen LogP contribution >= 0.6 is 0 Å². The van der Waals surface area contributed by atoms with Crippen LogP contribution in [0.15, 0.2) is 12.2 Å². The second kappa shape index (κ2) is 4.99. The lowest BCUT2D eigenvalue weighted by molar-refractivity contribution is -0.172. The minimum absolute atomic E-state index is 0.0511. The molecule has 5 atom stereocenters. The zero-order valence-electron chi connectivity index (χ0n) is 12.3. The SMILES string of the molecule is O=C(NC1C2CCOC2C12CCC2)N[C@@H]1C=C[C@H](CO)C1. The maximum atomic E-state index is 12.3. The third kappa shape index (κ3) is 2.01. The Labute approximate surface area is 125 Å². The number of hydrogen-bond donors (Lipinski definition) is 3. The molecule has 3 unspecified atom stereocenters. The Kier molecular flexibility index (Phi) is 3.23. The maximum Gasteiger partial charge on any atom is 0.315 e. The first-order valence-electron chi connectivity index (χ1n) is 8.21. The molecular formula is C16H24N2O3. The number of hydrogen-bond acceptors (Lipinski definition) is 3. The van der Waals surface area contributed by atoms with Crippen LogP contribution in [-0.4, -0.2) is 42.5 Å². The van der Waals surface area contributed by atoms with Crippen LogP contribution in [0.25, 0.3) is 0 Å². The third-order valence-corrected chi connectivity index (χ3v) is 6.05. The minimum atomic E-state index is -0.0649. The highest BCUT2D eigenvalue weighted by Crippen LogP contribution is 2.62. The Morgan fingerprint density at radius 3 is 2.86 bits per heavy atom. The van der Waals surface area contributed by atoms with Gasteiger partial charge in [0.2, 0.25) is 0 Å². The Balaban J connectivity index is 1.33. The summed E-state index contributed by atoms with van der Waals surface area (Å²) in [5, 5.41) is 15.4. The smallest absolute Gasteiger partial charge is 0.315 e. The maximum absolute atomic E-state index is 12.3. The van der Waals surface area contributed by atoms with Crippen LogP contribution in [0.3, 0.4) is 0 Å². The fourth-order valence-corrected chi connectivity index (χ4v) is 4.82. The molecule has 1 aliphatic heterocycles. The van der Waals surface area contributed by atoms with Crippen molar-refractivity contribution in [3.05, 3.63) is 12.2 Å². The first kappa shape index (κ1) is 13.6. The largest absolute Gasteiger partial charge is 0.396 e. The van der Waals surface area contributed by atoms with Gasteiger partial charge in [-0.2, -0.15) is 0 Å². The lowest BCUT2D eigenvalue weighted by atomic mass is 9.46. The van der Waals surface area contributed by atoms with Crippen LogP contribution in [0.2, 0.25) is 0 Å². The summed E-state index contributed by atoms with van der Waals surface area (Å²) in [5.41, 5.74) is 0.234. The fraction of sp³-hybridized carbons (Fsp3) is 0.812. The van der Waals surface area contributed by atoms with E-state index in [1.165, 1.54) is 19.3 Å². The number of rotatable bonds is 3. The standard InChI is InChI=1S/C16H24N2O3/c19-9-10-2-3-11(8-10)17-15(20)18-13-12-4-7-21-14(12)16(13)5-1-6-16/h2-3,10-14,19H,1,4-9H2,(H2,17,18,20)/t10-,11+,12?,13?,14?/m0/s1. The van der Waals surface area contributed by atoms with Crippen molar-refractivity contribution in [2.45, 2.75) is 50.3 Å². The summed E-state index contributed by atoms with van der Waals surface area (Å²) in [6, 6.07) is 0.276. The van der Waals surface area contributed by atoms with Gasteiger partial charge in [0.15, 0.2) is 0 Å². The average molecular weight is 292 g/mol. The molecule has 3 N–H and O–H groups in total. The Bertz CT molecular complexity index is 460. The van der Waals surface area contributed by atoms with Gasteiger partial charge in [0.05, 0.1) is 6.10 Å². The van der Waals surface area contributed by atoms with Gasteiger partial charge >= 0.3 is 6.03 Å². The van der Waals surface area contributed by atoms with Crippen LogP contribution in [0, 0.1) is 17.3 Å². The minimum Gasteiger partial charge on any atom is -0.396 e. The highest BCUT2D eigenvalue weighted by atomic mass is 16.5. The van der Waals surface area contributed by atoms with Gasteiger partial charge in [0, 0.05) is 42.5 Å². The predicted octanol–water partition coefficient (Wildman–Crippen LogP) is 1.18. The van der Waals surface area contributed by atoms with Crippen molar-refractivity contribution in [2.24, 2.45) is 17.3 Å². The number of carbonyl (C=O) groups is 1. The molecule has 4 rings (SSSR count). The average Bonchev–Trinajstić information content (AvgIpc) is 3.02. The van der Waals surface area contributed by atoms with Crippen molar-refractivity contribution < 1.29 is 14.6 Å². The number of urea groups is 1. The van der Waals surface area contributed by atoms with Crippen LogP contribution in [0.1, 0.15) is 32.1 Å². The van der Waals surface area contributed by atoms with Crippen LogP contribution < -0.4 is 10.6 Å². The summed E-state index contributed by atoms with van der Waals surface area (Å²) >= 11 is 0. The first-order chi connectivity index (χ1) is 10.2. The van der Waals surface area contributed by atoms with E-state index in [1.54, 1.807) is 0 Å². The van der Waals surface area contributed by atoms with E-state index in [0.717, 1.165) is 19.4 Å². The van der Waals surface area contributed by atoms with Crippen molar-refractivity contribution in [3.63, 3.8) is 0 Å². The van der Waals surface area contributed by atoms with E-state index in [0.29, 0.717) is 12.0 Å². The number of amides is 2. The molecule has 2 amide bonds. The molecule has 5 nitrogen and oxygen atoms in total. The molecule has 5 heteroatoms. The monoisotopic (exact) mass is 292 g/mol. The van der Waals surface area contributed by atoms with E-state index >= 15 is 0 Å². The number of fused-ring (bicyclic) bond motifs is 2. The van der Waals surface area contributed by atoms with Gasteiger partial charge in [0.1, 0.15) is 0 Å². The summed E-state index contributed by atoms with van der Waals surface area (Å²) in [5.74, 6) is 0.699. The zero-order valence-corrected chi connectivity index (χ0v) is 12.3. The lowest BCUT2D eigenvalue weighted by Gasteiger charge is -2.63. The molecule has 0 radical (unpaired) electrons. The molecule has 3 aliphatic carbocycles. The topological polar surface area (TPSA) is 70.6 Å². The van der Waals surface area contributed by atoms with E-state index in [9.17, 15) is 4.79 Å². The van der Waals surface area contributed by atoms with Gasteiger partial charge in [-0.1, -0.05) is 18.6 Å². The third-order valence-electron chi connectivity index (χ3n) is 6.05. The Morgan fingerprint density at radius 1 is 1.33 bits per heavy atom. The Hall–Kier alpha value is -1.07. The fourth-order valence-electron chi connectivity index (χ4n) is 4.82. The number of nitrogens with one attached hydrogen (secondary N) is 2. The summed E-state index contributed by atoms with van der Waals surface area (Å²) in [6.07, 6.45) is 9.88. The molecule has 0 aromatic heterocycles. The van der Waals surface area contributed by atoms with Crippen molar-refractivity contribution in [2.75, 3.05) is 13.2 Å². The van der Waals surface area contributed by atoms with Crippen molar-refractivity contribution in [1.82, 2.24) is 10.6 Å². The van der Waals surface area contributed by atoms with Crippen LogP contribution in [-0.2, 0) is 4.74 Å². The van der Waals surface area contributed by atoms with Gasteiger partial charge in [-0.15, -0.1) is 0 Å². The molecule has 0 aromatic carbocycles. The van der Waals surface area contributed by atoms with Gasteiger partial charge in [0.25, 0.3) is 0 Å². The van der Waals surface area contributed by atoms with Gasteiger partial charge < -0.3 is 20.5 Å². The van der Waals surface area contributed by atoms with Gasteiger partial charge in [-0.3, -0.25) is 0 Å². The van der Waals surface area contributed by atoms with E-state index in [4.69, 9.17) is 9.84 Å². The quantitative estimate of drug-likeness (QED) is 0.684. The van der Waals surface area contributed by atoms with E-state index in [1.807, 2.05) is 12.2 Å². The summed E-state index contributed by atoms with van der Waals surface area (Å²) in [7, 11) is 0. The Morgan fingerprint density at radius 2 is 2.19 bits per heavy atom. The van der Waals surface area contributed by atoms with E-state index in [2.05, 4.69) is 10.6 Å². The number of aliphatic hydroxyl groups is 1. The summed E-state index contributed by atoms with van der Waals surface area (Å²) in [6.45, 7) is 1.00.